The molecule has 0 aliphatic heterocycles. The maximum Gasteiger partial charge on any atom is 0.311 e. The monoisotopic (exact) mass is 222 g/mol. The van der Waals surface area contributed by atoms with Crippen LogP contribution in [0.15, 0.2) is 0 Å². The number of esters is 1. The lowest BCUT2D eigenvalue weighted by molar-refractivity contribution is -0.188. The Hall–Kier alpha value is -0.530. The molecule has 0 radical (unpaired) electrons. The topological polar surface area (TPSA) is 26.3 Å². The Kier molecular flexibility index (Phi) is 1.88. The average molecular weight is 222 g/mol. The first-order chi connectivity index (χ1) is 7.39. The van der Waals surface area contributed by atoms with Crippen LogP contribution in [0.1, 0.15) is 52.4 Å². The summed E-state index contributed by atoms with van der Waals surface area (Å²) in [6.45, 7) is 4.76. The number of hydrogen-bond acceptors (Lipinski definition) is 2. The van der Waals surface area contributed by atoms with Gasteiger partial charge in [0.1, 0.15) is 0 Å². The summed E-state index contributed by atoms with van der Waals surface area (Å²) in [5.74, 6) is 0.833. The van der Waals surface area contributed by atoms with E-state index in [0.717, 1.165) is 25.2 Å². The Bertz CT molecular complexity index is 329. The predicted octanol–water partition coefficient (Wildman–Crippen LogP) is 3.16. The molecule has 2 atom stereocenters. The van der Waals surface area contributed by atoms with Crippen molar-refractivity contribution >= 4 is 5.97 Å². The summed E-state index contributed by atoms with van der Waals surface area (Å²) in [6.07, 6.45) is 7.21. The molecule has 4 bridgehead atoms. The van der Waals surface area contributed by atoms with Crippen molar-refractivity contribution in [3.63, 3.8) is 0 Å². The highest BCUT2D eigenvalue weighted by Gasteiger charge is 2.63. The summed E-state index contributed by atoms with van der Waals surface area (Å²) in [6, 6.07) is 0. The molecular formula is C14H22O2. The molecule has 16 heavy (non-hydrogen) atoms. The average Bonchev–Trinajstić information content (AvgIpc) is 2.10. The Morgan fingerprint density at radius 2 is 1.62 bits per heavy atom. The summed E-state index contributed by atoms with van der Waals surface area (Å²) >= 11 is 0. The van der Waals surface area contributed by atoms with Crippen LogP contribution >= 0.6 is 0 Å². The number of hydrogen-bond donors (Lipinski definition) is 0. The second kappa shape index (κ2) is 2.83. The lowest BCUT2D eigenvalue weighted by Crippen LogP contribution is -2.57. The zero-order chi connectivity index (χ0) is 11.6. The van der Waals surface area contributed by atoms with Crippen molar-refractivity contribution in [2.75, 3.05) is 7.11 Å². The van der Waals surface area contributed by atoms with Gasteiger partial charge >= 0.3 is 5.97 Å². The van der Waals surface area contributed by atoms with Crippen LogP contribution in [-0.2, 0) is 9.53 Å². The van der Waals surface area contributed by atoms with Gasteiger partial charge in [-0.2, -0.15) is 0 Å². The molecule has 0 aromatic carbocycles. The normalized spacial score (nSPS) is 54.1. The molecule has 2 heteroatoms. The molecule has 0 saturated heterocycles. The van der Waals surface area contributed by atoms with Crippen LogP contribution in [0.5, 0.6) is 0 Å². The van der Waals surface area contributed by atoms with Gasteiger partial charge in [0.15, 0.2) is 0 Å². The van der Waals surface area contributed by atoms with Gasteiger partial charge in [-0.3, -0.25) is 4.79 Å². The van der Waals surface area contributed by atoms with Crippen molar-refractivity contribution in [3.05, 3.63) is 0 Å². The van der Waals surface area contributed by atoms with E-state index in [-0.39, 0.29) is 11.4 Å². The van der Waals surface area contributed by atoms with Crippen molar-refractivity contribution in [1.29, 1.82) is 0 Å². The minimum Gasteiger partial charge on any atom is -0.469 e. The minimum atomic E-state index is -0.127. The molecule has 0 unspecified atom stereocenters. The Morgan fingerprint density at radius 3 is 2.06 bits per heavy atom. The highest BCUT2D eigenvalue weighted by atomic mass is 16.5. The molecule has 4 aliphatic rings. The SMILES string of the molecule is COC(=O)C12CC3C[C@](C)(C1)C[C@](C)(C3)C2. The highest BCUT2D eigenvalue weighted by Crippen LogP contribution is 2.69. The van der Waals surface area contributed by atoms with Crippen molar-refractivity contribution in [2.45, 2.75) is 52.4 Å². The second-order valence-electron chi connectivity index (χ2n) is 7.40. The third-order valence-corrected chi connectivity index (χ3v) is 5.24. The van der Waals surface area contributed by atoms with Gasteiger partial charge in [0, 0.05) is 0 Å². The third kappa shape index (κ3) is 1.28. The van der Waals surface area contributed by atoms with Gasteiger partial charge in [-0.15, -0.1) is 0 Å². The predicted molar refractivity (Wildman–Crippen MR) is 61.9 cm³/mol. The Balaban J connectivity index is 2.01. The summed E-state index contributed by atoms with van der Waals surface area (Å²) in [7, 11) is 1.55. The molecule has 4 aliphatic carbocycles. The quantitative estimate of drug-likeness (QED) is 0.637. The van der Waals surface area contributed by atoms with Gasteiger partial charge < -0.3 is 4.74 Å². The molecule has 4 fully saturated rings. The van der Waals surface area contributed by atoms with E-state index in [1.54, 1.807) is 7.11 Å². The largest absolute Gasteiger partial charge is 0.469 e. The van der Waals surface area contributed by atoms with Crippen LogP contribution < -0.4 is 0 Å². The fourth-order valence-corrected chi connectivity index (χ4v) is 5.89. The van der Waals surface area contributed by atoms with E-state index < -0.39 is 0 Å². The molecule has 90 valence electrons. The number of rotatable bonds is 1. The van der Waals surface area contributed by atoms with Gasteiger partial charge in [0.2, 0.25) is 0 Å². The Morgan fingerprint density at radius 1 is 1.06 bits per heavy atom. The number of methoxy groups -OCH3 is 1. The summed E-state index contributed by atoms with van der Waals surface area (Å²) in [5.41, 5.74) is 0.683. The highest BCUT2D eigenvalue weighted by molar-refractivity contribution is 5.77. The van der Waals surface area contributed by atoms with Gasteiger partial charge in [0.25, 0.3) is 0 Å². The van der Waals surface area contributed by atoms with Gasteiger partial charge in [-0.05, 0) is 55.3 Å². The van der Waals surface area contributed by atoms with Gasteiger partial charge in [-0.1, -0.05) is 13.8 Å². The molecule has 0 heterocycles. The minimum absolute atomic E-state index is 0.0639. The first-order valence-corrected chi connectivity index (χ1v) is 6.47. The van der Waals surface area contributed by atoms with Crippen LogP contribution in [0.2, 0.25) is 0 Å². The lowest BCUT2D eigenvalue weighted by atomic mass is 9.40. The van der Waals surface area contributed by atoms with Gasteiger partial charge in [-0.25, -0.2) is 0 Å². The fourth-order valence-electron chi connectivity index (χ4n) is 5.89. The van der Waals surface area contributed by atoms with Crippen LogP contribution in [0.25, 0.3) is 0 Å². The molecule has 2 nitrogen and oxygen atoms in total. The summed E-state index contributed by atoms with van der Waals surface area (Å²) in [5, 5.41) is 0. The molecule has 4 rings (SSSR count). The van der Waals surface area contributed by atoms with E-state index in [4.69, 9.17) is 4.74 Å². The third-order valence-electron chi connectivity index (χ3n) is 5.24. The van der Waals surface area contributed by atoms with Crippen LogP contribution in [-0.4, -0.2) is 13.1 Å². The van der Waals surface area contributed by atoms with Crippen molar-refractivity contribution in [3.8, 4) is 0 Å². The summed E-state index contributed by atoms with van der Waals surface area (Å²) in [4.78, 5) is 12.1. The second-order valence-corrected chi connectivity index (χ2v) is 7.40. The number of carbonyl (C=O) groups is 1. The van der Waals surface area contributed by atoms with E-state index in [0.29, 0.717) is 10.8 Å². The first kappa shape index (κ1) is 10.6. The molecule has 4 saturated carbocycles. The standard InChI is InChI=1S/C14H22O2/c1-12-4-10-5-13(2,7-12)9-14(6-10,8-12)11(15)16-3/h10H,4-9H2,1-3H3/t10?,12-,13-,14?/m0/s1. The zero-order valence-electron chi connectivity index (χ0n) is 10.6. The zero-order valence-corrected chi connectivity index (χ0v) is 10.6. The van der Waals surface area contributed by atoms with Crippen LogP contribution in [0.4, 0.5) is 0 Å². The van der Waals surface area contributed by atoms with Crippen molar-refractivity contribution < 1.29 is 9.53 Å². The van der Waals surface area contributed by atoms with E-state index in [1.165, 1.54) is 19.3 Å². The fraction of sp³-hybridized carbons (Fsp3) is 0.929. The lowest BCUT2D eigenvalue weighted by Gasteiger charge is -2.64. The van der Waals surface area contributed by atoms with E-state index in [9.17, 15) is 4.79 Å². The molecule has 0 aromatic heterocycles. The maximum absolute atomic E-state index is 12.1. The van der Waals surface area contributed by atoms with Crippen molar-refractivity contribution in [1.82, 2.24) is 0 Å². The van der Waals surface area contributed by atoms with Crippen LogP contribution in [0, 0.1) is 22.2 Å². The van der Waals surface area contributed by atoms with E-state index in [2.05, 4.69) is 13.8 Å². The maximum atomic E-state index is 12.1. The van der Waals surface area contributed by atoms with Crippen molar-refractivity contribution in [2.24, 2.45) is 22.2 Å². The Labute approximate surface area is 97.7 Å². The van der Waals surface area contributed by atoms with E-state index >= 15 is 0 Å². The summed E-state index contributed by atoms with van der Waals surface area (Å²) < 4.78 is 5.09. The van der Waals surface area contributed by atoms with Gasteiger partial charge in [0.05, 0.1) is 12.5 Å². The number of ether oxygens (including phenoxy) is 1. The molecular weight excluding hydrogens is 200 g/mol. The molecule has 0 N–H and O–H groups in total. The molecule has 0 amide bonds. The molecule has 0 aromatic rings. The first-order valence-electron chi connectivity index (χ1n) is 6.47. The van der Waals surface area contributed by atoms with E-state index in [1.807, 2.05) is 0 Å². The molecule has 0 spiro atoms. The smallest absolute Gasteiger partial charge is 0.311 e. The number of carbonyl (C=O) groups excluding carboxylic acids is 1. The van der Waals surface area contributed by atoms with Crippen LogP contribution in [0.3, 0.4) is 0 Å².